The number of halogens is 2. The first kappa shape index (κ1) is 11.7. The summed E-state index contributed by atoms with van der Waals surface area (Å²) in [6.07, 6.45) is 0.286. The van der Waals surface area contributed by atoms with Crippen LogP contribution in [-0.2, 0) is 16.1 Å². The standard InChI is InChI=1S/C9H9Br2NO2/c1-14-12-9(13)5-6-4-7(10)2-3-8(6)11/h2-4H,5H2,1H3,(H,12,13). The zero-order valence-corrected chi connectivity index (χ0v) is 10.7. The Morgan fingerprint density at radius 1 is 1.50 bits per heavy atom. The van der Waals surface area contributed by atoms with Crippen LogP contribution in [0.4, 0.5) is 0 Å². The predicted molar refractivity (Wildman–Crippen MR) is 60.7 cm³/mol. The first-order valence-electron chi connectivity index (χ1n) is 3.89. The van der Waals surface area contributed by atoms with Gasteiger partial charge in [-0.3, -0.25) is 9.63 Å². The Morgan fingerprint density at radius 3 is 2.86 bits per heavy atom. The molecule has 76 valence electrons. The first-order valence-corrected chi connectivity index (χ1v) is 5.48. The Balaban J connectivity index is 2.75. The van der Waals surface area contributed by atoms with Crippen LogP contribution < -0.4 is 5.48 Å². The van der Waals surface area contributed by atoms with Gasteiger partial charge in [-0.15, -0.1) is 0 Å². The van der Waals surface area contributed by atoms with Crippen LogP contribution in [0.5, 0.6) is 0 Å². The second-order valence-electron chi connectivity index (χ2n) is 2.64. The molecule has 14 heavy (non-hydrogen) atoms. The molecule has 0 unspecified atom stereocenters. The fourth-order valence-corrected chi connectivity index (χ4v) is 1.80. The average molecular weight is 323 g/mol. The minimum atomic E-state index is -0.175. The quantitative estimate of drug-likeness (QED) is 0.868. The van der Waals surface area contributed by atoms with Crippen molar-refractivity contribution in [3.8, 4) is 0 Å². The predicted octanol–water partition coefficient (Wildman–Crippen LogP) is 2.43. The molecule has 0 saturated heterocycles. The van der Waals surface area contributed by atoms with Gasteiger partial charge in [-0.25, -0.2) is 5.48 Å². The van der Waals surface area contributed by atoms with E-state index in [9.17, 15) is 4.79 Å². The molecule has 3 nitrogen and oxygen atoms in total. The van der Waals surface area contributed by atoms with Crippen LogP contribution in [0.25, 0.3) is 0 Å². The number of carbonyl (C=O) groups excluding carboxylic acids is 1. The van der Waals surface area contributed by atoms with Crippen LogP contribution in [-0.4, -0.2) is 13.0 Å². The van der Waals surface area contributed by atoms with Crippen LogP contribution in [0.1, 0.15) is 5.56 Å². The summed E-state index contributed by atoms with van der Waals surface area (Å²) in [4.78, 5) is 15.7. The molecule has 1 N–H and O–H groups in total. The van der Waals surface area contributed by atoms with E-state index in [2.05, 4.69) is 42.2 Å². The van der Waals surface area contributed by atoms with Gasteiger partial charge in [0.25, 0.3) is 0 Å². The Bertz CT molecular complexity index is 342. The third-order valence-electron chi connectivity index (χ3n) is 1.57. The normalized spacial score (nSPS) is 9.93. The van der Waals surface area contributed by atoms with Gasteiger partial charge in [0.15, 0.2) is 0 Å². The Morgan fingerprint density at radius 2 is 2.21 bits per heavy atom. The molecule has 0 radical (unpaired) electrons. The van der Waals surface area contributed by atoms with Crippen molar-refractivity contribution in [3.05, 3.63) is 32.7 Å². The van der Waals surface area contributed by atoms with Gasteiger partial charge >= 0.3 is 0 Å². The van der Waals surface area contributed by atoms with Crippen molar-refractivity contribution in [1.82, 2.24) is 5.48 Å². The van der Waals surface area contributed by atoms with Crippen molar-refractivity contribution in [2.45, 2.75) is 6.42 Å². The molecule has 0 aromatic heterocycles. The van der Waals surface area contributed by atoms with Crippen molar-refractivity contribution in [2.24, 2.45) is 0 Å². The topological polar surface area (TPSA) is 38.3 Å². The van der Waals surface area contributed by atoms with E-state index in [1.165, 1.54) is 7.11 Å². The highest BCUT2D eigenvalue weighted by Gasteiger charge is 2.06. The molecular formula is C9H9Br2NO2. The van der Waals surface area contributed by atoms with E-state index in [0.717, 1.165) is 14.5 Å². The molecule has 1 aromatic carbocycles. The van der Waals surface area contributed by atoms with E-state index < -0.39 is 0 Å². The summed E-state index contributed by atoms with van der Waals surface area (Å²) >= 11 is 6.71. The number of hydrogen-bond acceptors (Lipinski definition) is 2. The molecule has 0 saturated carbocycles. The lowest BCUT2D eigenvalue weighted by Gasteiger charge is -2.04. The fourth-order valence-electron chi connectivity index (χ4n) is 1.00. The van der Waals surface area contributed by atoms with Gasteiger partial charge in [-0.2, -0.15) is 0 Å². The molecule has 0 spiro atoms. The van der Waals surface area contributed by atoms with Crippen molar-refractivity contribution in [1.29, 1.82) is 0 Å². The first-order chi connectivity index (χ1) is 6.63. The smallest absolute Gasteiger partial charge is 0.247 e. The fraction of sp³-hybridized carbons (Fsp3) is 0.222. The lowest BCUT2D eigenvalue weighted by Crippen LogP contribution is -2.23. The zero-order valence-electron chi connectivity index (χ0n) is 7.51. The summed E-state index contributed by atoms with van der Waals surface area (Å²) in [6.45, 7) is 0. The highest BCUT2D eigenvalue weighted by molar-refractivity contribution is 9.11. The molecule has 1 amide bonds. The van der Waals surface area contributed by atoms with Crippen LogP contribution in [0, 0.1) is 0 Å². The lowest BCUT2D eigenvalue weighted by atomic mass is 10.1. The van der Waals surface area contributed by atoms with E-state index >= 15 is 0 Å². The zero-order chi connectivity index (χ0) is 10.6. The number of rotatable bonds is 3. The molecule has 1 aromatic rings. The second kappa shape index (κ2) is 5.48. The Kier molecular flexibility index (Phi) is 4.57. The largest absolute Gasteiger partial charge is 0.277 e. The monoisotopic (exact) mass is 321 g/mol. The van der Waals surface area contributed by atoms with E-state index in [0.29, 0.717) is 0 Å². The molecule has 0 atom stereocenters. The molecule has 5 heteroatoms. The number of carbonyl (C=O) groups is 1. The average Bonchev–Trinajstić information content (AvgIpc) is 2.12. The van der Waals surface area contributed by atoms with Gasteiger partial charge < -0.3 is 0 Å². The highest BCUT2D eigenvalue weighted by Crippen LogP contribution is 2.21. The number of amides is 1. The molecule has 0 bridgehead atoms. The van der Waals surface area contributed by atoms with Gasteiger partial charge in [0.2, 0.25) is 5.91 Å². The van der Waals surface area contributed by atoms with E-state index in [4.69, 9.17) is 0 Å². The SMILES string of the molecule is CONC(=O)Cc1cc(Br)ccc1Br. The molecule has 0 aliphatic rings. The number of nitrogens with one attached hydrogen (secondary N) is 1. The Hall–Kier alpha value is -0.390. The van der Waals surface area contributed by atoms with Crippen LogP contribution in [0.2, 0.25) is 0 Å². The van der Waals surface area contributed by atoms with Crippen molar-refractivity contribution < 1.29 is 9.63 Å². The maximum atomic E-state index is 11.2. The van der Waals surface area contributed by atoms with Crippen molar-refractivity contribution >= 4 is 37.8 Å². The number of hydroxylamine groups is 1. The van der Waals surface area contributed by atoms with Crippen LogP contribution in [0.3, 0.4) is 0 Å². The molecule has 1 rings (SSSR count). The summed E-state index contributed by atoms with van der Waals surface area (Å²) in [7, 11) is 1.41. The van der Waals surface area contributed by atoms with Gasteiger partial charge in [0.05, 0.1) is 13.5 Å². The van der Waals surface area contributed by atoms with E-state index in [1.807, 2.05) is 18.2 Å². The van der Waals surface area contributed by atoms with Crippen molar-refractivity contribution in [2.75, 3.05) is 7.11 Å². The minimum absolute atomic E-state index is 0.175. The van der Waals surface area contributed by atoms with E-state index in [-0.39, 0.29) is 12.3 Å². The van der Waals surface area contributed by atoms with Crippen molar-refractivity contribution in [3.63, 3.8) is 0 Å². The Labute approximate surface area is 99.0 Å². The summed E-state index contributed by atoms with van der Waals surface area (Å²) in [6, 6.07) is 5.68. The molecule has 0 heterocycles. The maximum Gasteiger partial charge on any atom is 0.247 e. The highest BCUT2D eigenvalue weighted by atomic mass is 79.9. The molecule has 0 fully saturated rings. The van der Waals surface area contributed by atoms with Gasteiger partial charge in [-0.1, -0.05) is 31.9 Å². The van der Waals surface area contributed by atoms with Gasteiger partial charge in [0.1, 0.15) is 0 Å². The second-order valence-corrected chi connectivity index (χ2v) is 4.41. The number of benzene rings is 1. The summed E-state index contributed by atoms with van der Waals surface area (Å²) in [5.74, 6) is -0.175. The van der Waals surface area contributed by atoms with Crippen LogP contribution in [0.15, 0.2) is 27.1 Å². The summed E-state index contributed by atoms with van der Waals surface area (Å²) in [5.41, 5.74) is 3.18. The molecular weight excluding hydrogens is 314 g/mol. The molecule has 0 aliphatic carbocycles. The van der Waals surface area contributed by atoms with Gasteiger partial charge in [-0.05, 0) is 23.8 Å². The lowest BCUT2D eigenvalue weighted by molar-refractivity contribution is -0.130. The summed E-state index contributed by atoms with van der Waals surface area (Å²) in [5, 5.41) is 0. The van der Waals surface area contributed by atoms with Crippen LogP contribution >= 0.6 is 31.9 Å². The third-order valence-corrected chi connectivity index (χ3v) is 2.84. The minimum Gasteiger partial charge on any atom is -0.277 e. The van der Waals surface area contributed by atoms with Gasteiger partial charge in [0, 0.05) is 8.95 Å². The molecule has 0 aliphatic heterocycles. The summed E-state index contributed by atoms with van der Waals surface area (Å²) < 4.78 is 1.85. The van der Waals surface area contributed by atoms with E-state index in [1.54, 1.807) is 0 Å². The number of hydrogen-bond donors (Lipinski definition) is 1. The third kappa shape index (κ3) is 3.40. The maximum absolute atomic E-state index is 11.2.